The molecule has 1 saturated heterocycles. The first-order valence-electron chi connectivity index (χ1n) is 8.34. The van der Waals surface area contributed by atoms with Gasteiger partial charge in [0.2, 0.25) is 0 Å². The Hall–Kier alpha value is -1.14. The largest absolute Gasteiger partial charge is 0.381 e. The summed E-state index contributed by atoms with van der Waals surface area (Å²) in [5.41, 5.74) is 1.28. The molecular weight excluding hydrogens is 308 g/mol. The van der Waals surface area contributed by atoms with Crippen LogP contribution in [0.1, 0.15) is 25.5 Å². The van der Waals surface area contributed by atoms with Gasteiger partial charge in [0.05, 0.1) is 6.54 Å². The van der Waals surface area contributed by atoms with Crippen LogP contribution >= 0.6 is 11.8 Å². The van der Waals surface area contributed by atoms with Crippen LogP contribution in [-0.4, -0.2) is 59.8 Å². The van der Waals surface area contributed by atoms with Gasteiger partial charge in [-0.15, -0.1) is 0 Å². The molecule has 0 saturated carbocycles. The fraction of sp³-hybridized carbons (Fsp3) is 0.706. The lowest BCUT2D eigenvalue weighted by atomic mass is 9.99. The molecule has 0 spiro atoms. The number of nitrogens with zero attached hydrogens (tertiary/aromatic N) is 3. The second-order valence-electron chi connectivity index (χ2n) is 6.10. The van der Waals surface area contributed by atoms with Crippen molar-refractivity contribution < 1.29 is 4.74 Å². The molecule has 0 bridgehead atoms. The number of rotatable bonds is 6. The molecular formula is C17H30N4OS. The van der Waals surface area contributed by atoms with Crippen LogP contribution in [0.5, 0.6) is 0 Å². The Morgan fingerprint density at radius 2 is 2.22 bits per heavy atom. The fourth-order valence-electron chi connectivity index (χ4n) is 3.03. The van der Waals surface area contributed by atoms with E-state index in [0.717, 1.165) is 50.9 Å². The molecule has 0 amide bonds. The van der Waals surface area contributed by atoms with E-state index in [4.69, 9.17) is 4.74 Å². The van der Waals surface area contributed by atoms with Crippen LogP contribution in [0.15, 0.2) is 23.3 Å². The van der Waals surface area contributed by atoms with Crippen LogP contribution in [-0.2, 0) is 18.3 Å². The topological polar surface area (TPSA) is 41.8 Å². The van der Waals surface area contributed by atoms with E-state index in [1.807, 2.05) is 7.05 Å². The number of aryl methyl sites for hydroxylation is 1. The summed E-state index contributed by atoms with van der Waals surface area (Å²) < 4.78 is 7.97. The minimum atomic E-state index is 0.273. The lowest BCUT2D eigenvalue weighted by Crippen LogP contribution is -2.48. The van der Waals surface area contributed by atoms with Gasteiger partial charge < -0.3 is 19.5 Å². The molecule has 2 heterocycles. The number of aliphatic imine (C=N–C) groups is 1. The Kier molecular flexibility index (Phi) is 6.84. The molecule has 0 radical (unpaired) electrons. The van der Waals surface area contributed by atoms with E-state index in [-0.39, 0.29) is 4.75 Å². The molecule has 1 aromatic heterocycles. The molecule has 1 N–H and O–H groups in total. The van der Waals surface area contributed by atoms with E-state index in [9.17, 15) is 0 Å². The molecule has 0 unspecified atom stereocenters. The van der Waals surface area contributed by atoms with Crippen molar-refractivity contribution in [3.63, 3.8) is 0 Å². The molecule has 1 aliphatic rings. The van der Waals surface area contributed by atoms with Crippen LogP contribution < -0.4 is 5.32 Å². The molecule has 130 valence electrons. The summed E-state index contributed by atoms with van der Waals surface area (Å²) in [4.78, 5) is 6.64. The van der Waals surface area contributed by atoms with Crippen molar-refractivity contribution in [1.82, 2.24) is 14.8 Å². The lowest BCUT2D eigenvalue weighted by Gasteiger charge is -2.37. The Labute approximate surface area is 144 Å². The summed E-state index contributed by atoms with van der Waals surface area (Å²) in [5, 5.41) is 3.59. The molecule has 0 aromatic carbocycles. The second-order valence-corrected chi connectivity index (χ2v) is 7.83. The highest BCUT2D eigenvalue weighted by Gasteiger charge is 2.33. The number of hydrogen-bond donors (Lipinski definition) is 1. The van der Waals surface area contributed by atoms with E-state index in [1.54, 1.807) is 0 Å². The molecule has 1 aliphatic heterocycles. The van der Waals surface area contributed by atoms with Gasteiger partial charge in [-0.05, 0) is 30.7 Å². The van der Waals surface area contributed by atoms with E-state index < -0.39 is 0 Å². The highest BCUT2D eigenvalue weighted by molar-refractivity contribution is 8.00. The van der Waals surface area contributed by atoms with Gasteiger partial charge in [0.1, 0.15) is 0 Å². The molecule has 23 heavy (non-hydrogen) atoms. The summed E-state index contributed by atoms with van der Waals surface area (Å²) in [5.74, 6) is 2.09. The third kappa shape index (κ3) is 4.91. The molecule has 1 fully saturated rings. The molecule has 1 aromatic rings. The first-order valence-corrected chi connectivity index (χ1v) is 9.32. The molecule has 5 nitrogen and oxygen atoms in total. The maximum atomic E-state index is 5.55. The summed E-state index contributed by atoms with van der Waals surface area (Å²) >= 11 is 2.05. The van der Waals surface area contributed by atoms with Crippen LogP contribution in [0.3, 0.4) is 0 Å². The van der Waals surface area contributed by atoms with E-state index >= 15 is 0 Å². The van der Waals surface area contributed by atoms with E-state index in [1.165, 1.54) is 5.69 Å². The highest BCUT2D eigenvalue weighted by atomic mass is 32.2. The normalized spacial score (nSPS) is 18.0. The first-order chi connectivity index (χ1) is 11.1. The van der Waals surface area contributed by atoms with Crippen LogP contribution in [0, 0.1) is 0 Å². The zero-order chi connectivity index (χ0) is 16.7. The van der Waals surface area contributed by atoms with Gasteiger partial charge in [-0.3, -0.25) is 4.99 Å². The van der Waals surface area contributed by atoms with Crippen molar-refractivity contribution in [2.45, 2.75) is 31.1 Å². The van der Waals surface area contributed by atoms with Crippen molar-refractivity contribution in [2.24, 2.45) is 12.0 Å². The van der Waals surface area contributed by atoms with Crippen LogP contribution in [0.25, 0.3) is 0 Å². The lowest BCUT2D eigenvalue weighted by molar-refractivity contribution is 0.0780. The Balaban J connectivity index is 1.94. The van der Waals surface area contributed by atoms with Gasteiger partial charge >= 0.3 is 0 Å². The Morgan fingerprint density at radius 3 is 2.78 bits per heavy atom. The standard InChI is InChI=1S/C17H30N4OS/c1-5-23-17(8-11-22-12-9-17)14-19-16(18-2)21(4)13-15-7-6-10-20(15)3/h6-7,10H,5,8-9,11-14H2,1-4H3,(H,18,19). The monoisotopic (exact) mass is 338 g/mol. The third-order valence-corrected chi connectivity index (χ3v) is 5.90. The smallest absolute Gasteiger partial charge is 0.193 e. The zero-order valence-corrected chi connectivity index (χ0v) is 15.7. The summed E-state index contributed by atoms with van der Waals surface area (Å²) in [7, 11) is 6.02. The van der Waals surface area contributed by atoms with Gasteiger partial charge in [0.25, 0.3) is 0 Å². The predicted molar refractivity (Wildman–Crippen MR) is 99.2 cm³/mol. The van der Waals surface area contributed by atoms with Crippen molar-refractivity contribution in [1.29, 1.82) is 0 Å². The van der Waals surface area contributed by atoms with Crippen molar-refractivity contribution >= 4 is 17.7 Å². The molecule has 0 aliphatic carbocycles. The van der Waals surface area contributed by atoms with Gasteiger partial charge in [0, 0.05) is 57.5 Å². The number of aromatic nitrogens is 1. The van der Waals surface area contributed by atoms with Crippen LogP contribution in [0.4, 0.5) is 0 Å². The maximum Gasteiger partial charge on any atom is 0.193 e. The minimum Gasteiger partial charge on any atom is -0.381 e. The maximum absolute atomic E-state index is 5.55. The first kappa shape index (κ1) is 18.2. The second kappa shape index (κ2) is 8.64. The minimum absolute atomic E-state index is 0.273. The Bertz CT molecular complexity index is 503. The number of hydrogen-bond acceptors (Lipinski definition) is 3. The quantitative estimate of drug-likeness (QED) is 0.638. The van der Waals surface area contributed by atoms with Crippen LogP contribution in [0.2, 0.25) is 0 Å². The molecule has 2 rings (SSSR count). The number of guanidine groups is 1. The predicted octanol–water partition coefficient (Wildman–Crippen LogP) is 2.33. The Morgan fingerprint density at radius 1 is 1.48 bits per heavy atom. The molecule has 6 heteroatoms. The highest BCUT2D eigenvalue weighted by Crippen LogP contribution is 2.34. The summed E-state index contributed by atoms with van der Waals surface area (Å²) in [6.07, 6.45) is 4.29. The van der Waals surface area contributed by atoms with Gasteiger partial charge in [-0.2, -0.15) is 11.8 Å². The van der Waals surface area contributed by atoms with E-state index in [0.29, 0.717) is 0 Å². The van der Waals surface area contributed by atoms with Gasteiger partial charge in [-0.1, -0.05) is 6.92 Å². The fourth-order valence-corrected chi connectivity index (χ4v) is 4.27. The van der Waals surface area contributed by atoms with Gasteiger partial charge in [-0.25, -0.2) is 0 Å². The number of ether oxygens (including phenoxy) is 1. The number of thioether (sulfide) groups is 1. The average molecular weight is 339 g/mol. The van der Waals surface area contributed by atoms with Crippen molar-refractivity contribution in [3.8, 4) is 0 Å². The zero-order valence-electron chi connectivity index (χ0n) is 14.8. The van der Waals surface area contributed by atoms with Crippen molar-refractivity contribution in [3.05, 3.63) is 24.0 Å². The van der Waals surface area contributed by atoms with Gasteiger partial charge in [0.15, 0.2) is 5.96 Å². The third-order valence-electron chi connectivity index (χ3n) is 4.45. The summed E-state index contributed by atoms with van der Waals surface area (Å²) in [6, 6.07) is 4.23. The number of nitrogens with one attached hydrogen (secondary N) is 1. The SMILES string of the molecule is CCSC1(CNC(=NC)N(C)Cc2cccn2C)CCOCC1. The molecule has 0 atom stereocenters. The van der Waals surface area contributed by atoms with E-state index in [2.05, 4.69) is 70.9 Å². The summed E-state index contributed by atoms with van der Waals surface area (Å²) in [6.45, 7) is 5.76. The van der Waals surface area contributed by atoms with Crippen molar-refractivity contribution in [2.75, 3.05) is 39.6 Å². The average Bonchev–Trinajstić information content (AvgIpc) is 2.94.